The second-order valence-electron chi connectivity index (χ2n) is 5.30. The largest absolute Gasteiger partial charge is 0.461 e. The van der Waals surface area contributed by atoms with Gasteiger partial charge in [0.1, 0.15) is 0 Å². The van der Waals surface area contributed by atoms with E-state index in [1.54, 1.807) is 14.0 Å². The molecule has 1 aliphatic heterocycles. The molecule has 2 aromatic rings. The number of nitrogens with zero attached hydrogens (tertiary/aromatic N) is 3. The van der Waals surface area contributed by atoms with Gasteiger partial charge in [0, 0.05) is 12.6 Å². The van der Waals surface area contributed by atoms with Gasteiger partial charge in [-0.05, 0) is 18.6 Å². The van der Waals surface area contributed by atoms with Crippen molar-refractivity contribution in [2.45, 2.75) is 6.92 Å². The fourth-order valence-corrected chi connectivity index (χ4v) is 2.55. The predicted molar refractivity (Wildman–Crippen MR) is 95.3 cm³/mol. The van der Waals surface area contributed by atoms with E-state index in [-0.39, 0.29) is 29.6 Å². The summed E-state index contributed by atoms with van der Waals surface area (Å²) >= 11 is 0. The van der Waals surface area contributed by atoms with E-state index in [0.29, 0.717) is 5.57 Å². The molecule has 0 radical (unpaired) electrons. The summed E-state index contributed by atoms with van der Waals surface area (Å²) in [5, 5.41) is 5.57. The van der Waals surface area contributed by atoms with Gasteiger partial charge in [-0.15, -0.1) is 0 Å². The van der Waals surface area contributed by atoms with E-state index < -0.39 is 11.5 Å². The molecule has 0 saturated heterocycles. The van der Waals surface area contributed by atoms with Gasteiger partial charge in [0.15, 0.2) is 11.5 Å². The average Bonchev–Trinajstić information content (AvgIpc) is 2.73. The molecule has 0 amide bonds. The van der Waals surface area contributed by atoms with Crippen molar-refractivity contribution in [2.75, 3.05) is 24.4 Å². The van der Waals surface area contributed by atoms with Crippen molar-refractivity contribution in [3.05, 3.63) is 57.9 Å². The Hall–Kier alpha value is -3.42. The van der Waals surface area contributed by atoms with Crippen molar-refractivity contribution in [1.82, 2.24) is 9.97 Å². The van der Waals surface area contributed by atoms with Crippen LogP contribution in [0.3, 0.4) is 0 Å². The maximum absolute atomic E-state index is 12.6. The number of hydrazone groups is 1. The number of ether oxygens (including phenoxy) is 1. The van der Waals surface area contributed by atoms with Crippen LogP contribution in [0.25, 0.3) is 5.57 Å². The van der Waals surface area contributed by atoms with Crippen molar-refractivity contribution in [2.24, 2.45) is 5.10 Å². The van der Waals surface area contributed by atoms with Crippen LogP contribution in [0.4, 0.5) is 11.8 Å². The number of rotatable bonds is 3. The maximum atomic E-state index is 12.6. The van der Waals surface area contributed by atoms with Crippen molar-refractivity contribution < 1.29 is 9.53 Å². The first-order chi connectivity index (χ1) is 12.0. The smallest absolute Gasteiger partial charge is 0.358 e. The molecule has 2 heterocycles. The fraction of sp³-hybridized carbons (Fsp3) is 0.176. The minimum atomic E-state index is -0.583. The Labute approximate surface area is 143 Å². The number of esters is 1. The molecule has 0 spiro atoms. The highest BCUT2D eigenvalue weighted by Crippen LogP contribution is 2.30. The number of nitrogens with one attached hydrogen (secondary N) is 1. The summed E-state index contributed by atoms with van der Waals surface area (Å²) in [7, 11) is 1.59. The summed E-state index contributed by atoms with van der Waals surface area (Å²) < 4.78 is 5.05. The molecule has 0 saturated carbocycles. The molecule has 0 fully saturated rings. The Morgan fingerprint density at radius 1 is 1.32 bits per heavy atom. The molecule has 25 heavy (non-hydrogen) atoms. The average molecular weight is 339 g/mol. The van der Waals surface area contributed by atoms with Crippen LogP contribution in [0, 0.1) is 0 Å². The number of H-pyrrole nitrogens is 1. The lowest BCUT2D eigenvalue weighted by Gasteiger charge is -2.15. The van der Waals surface area contributed by atoms with Gasteiger partial charge in [0.25, 0.3) is 5.56 Å². The molecule has 128 valence electrons. The first-order valence-electron chi connectivity index (χ1n) is 7.68. The third-order valence-electron chi connectivity index (χ3n) is 3.60. The molecule has 0 atom stereocenters. The lowest BCUT2D eigenvalue weighted by molar-refractivity contribution is -0.134. The Kier molecular flexibility index (Phi) is 4.34. The van der Waals surface area contributed by atoms with Gasteiger partial charge < -0.3 is 10.5 Å². The molecule has 0 bridgehead atoms. The number of nitrogen functional groups attached to an aromatic ring is 1. The predicted octanol–water partition coefficient (Wildman–Crippen LogP) is 1.15. The van der Waals surface area contributed by atoms with Gasteiger partial charge in [-0.25, -0.2) is 9.80 Å². The Balaban J connectivity index is 2.28. The van der Waals surface area contributed by atoms with E-state index in [1.807, 2.05) is 30.3 Å². The summed E-state index contributed by atoms with van der Waals surface area (Å²) in [5.41, 5.74) is 6.87. The molecule has 3 rings (SSSR count). The van der Waals surface area contributed by atoms with Gasteiger partial charge in [-0.3, -0.25) is 9.78 Å². The van der Waals surface area contributed by atoms with Crippen LogP contribution in [0.15, 0.2) is 46.3 Å². The number of aromatic amines is 1. The Morgan fingerprint density at radius 2 is 2.04 bits per heavy atom. The second-order valence-corrected chi connectivity index (χ2v) is 5.30. The van der Waals surface area contributed by atoms with E-state index >= 15 is 0 Å². The van der Waals surface area contributed by atoms with E-state index in [2.05, 4.69) is 15.1 Å². The van der Waals surface area contributed by atoms with Crippen LogP contribution in [0.1, 0.15) is 18.1 Å². The fourth-order valence-electron chi connectivity index (χ4n) is 2.55. The number of fused-ring (bicyclic) bond motifs is 1. The number of carbonyl (C=O) groups excluding carboxylic acids is 1. The number of carbonyl (C=O) groups is 1. The highest BCUT2D eigenvalue weighted by atomic mass is 16.5. The molecule has 0 aliphatic carbocycles. The van der Waals surface area contributed by atoms with Crippen LogP contribution in [0.2, 0.25) is 0 Å². The SMILES string of the molecule is CCOC(=O)C1=NN(C)c2nc(N)[nH]c(=O)c2C(c2ccccc2)=C1. The van der Waals surface area contributed by atoms with Crippen LogP contribution in [-0.4, -0.2) is 35.3 Å². The standard InChI is InChI=1S/C17H17N5O3/c1-3-25-16(24)12-9-11(10-7-5-4-6-8-10)13-14(22(2)21-12)19-17(18)20-15(13)23/h4-9H,3H2,1-2H3,(H3,18,19,20,23). The molecule has 1 aromatic heterocycles. The number of nitrogens with two attached hydrogens (primary N) is 1. The molecular formula is C17H17N5O3. The number of benzene rings is 1. The third kappa shape index (κ3) is 3.14. The van der Waals surface area contributed by atoms with E-state index in [4.69, 9.17) is 10.5 Å². The first kappa shape index (κ1) is 16.4. The maximum Gasteiger partial charge on any atom is 0.358 e. The summed E-state index contributed by atoms with van der Waals surface area (Å²) in [5.74, 6) is -0.353. The minimum absolute atomic E-state index is 0.0298. The second kappa shape index (κ2) is 6.60. The topological polar surface area (TPSA) is 114 Å². The zero-order valence-electron chi connectivity index (χ0n) is 13.8. The first-order valence-corrected chi connectivity index (χ1v) is 7.68. The highest BCUT2D eigenvalue weighted by molar-refractivity contribution is 6.43. The lowest BCUT2D eigenvalue weighted by Crippen LogP contribution is -2.23. The number of hydrogen-bond acceptors (Lipinski definition) is 7. The van der Waals surface area contributed by atoms with Crippen LogP contribution >= 0.6 is 0 Å². The summed E-state index contributed by atoms with van der Waals surface area (Å²) in [6.07, 6.45) is 1.53. The Bertz CT molecular complexity index is 931. The van der Waals surface area contributed by atoms with E-state index in [1.165, 1.54) is 11.1 Å². The summed E-state index contributed by atoms with van der Waals surface area (Å²) in [6, 6.07) is 9.20. The van der Waals surface area contributed by atoms with Gasteiger partial charge in [0.2, 0.25) is 5.95 Å². The van der Waals surface area contributed by atoms with Gasteiger partial charge in [0.05, 0.1) is 12.2 Å². The van der Waals surface area contributed by atoms with Crippen LogP contribution < -0.4 is 16.3 Å². The Morgan fingerprint density at radius 3 is 2.72 bits per heavy atom. The zero-order chi connectivity index (χ0) is 18.0. The van der Waals surface area contributed by atoms with Gasteiger partial charge in [-0.1, -0.05) is 30.3 Å². The van der Waals surface area contributed by atoms with Gasteiger partial charge >= 0.3 is 5.97 Å². The number of aromatic nitrogens is 2. The molecular weight excluding hydrogens is 322 g/mol. The van der Waals surface area contributed by atoms with Crippen molar-refractivity contribution >= 4 is 29.0 Å². The van der Waals surface area contributed by atoms with Crippen LogP contribution in [-0.2, 0) is 9.53 Å². The summed E-state index contributed by atoms with van der Waals surface area (Å²) in [4.78, 5) is 31.5. The number of anilines is 2. The highest BCUT2D eigenvalue weighted by Gasteiger charge is 2.25. The zero-order valence-corrected chi connectivity index (χ0v) is 13.8. The van der Waals surface area contributed by atoms with E-state index in [0.717, 1.165) is 5.56 Å². The monoisotopic (exact) mass is 339 g/mol. The molecule has 1 aromatic carbocycles. The quantitative estimate of drug-likeness (QED) is 0.811. The number of hydrogen-bond donors (Lipinski definition) is 2. The third-order valence-corrected chi connectivity index (χ3v) is 3.60. The van der Waals surface area contributed by atoms with Gasteiger partial charge in [-0.2, -0.15) is 10.1 Å². The van der Waals surface area contributed by atoms with E-state index in [9.17, 15) is 9.59 Å². The van der Waals surface area contributed by atoms with Crippen molar-refractivity contribution in [3.8, 4) is 0 Å². The lowest BCUT2D eigenvalue weighted by atomic mass is 9.98. The summed E-state index contributed by atoms with van der Waals surface area (Å²) in [6.45, 7) is 1.93. The molecule has 8 heteroatoms. The molecule has 0 unspecified atom stereocenters. The normalized spacial score (nSPS) is 13.4. The molecule has 3 N–H and O–H groups in total. The van der Waals surface area contributed by atoms with Crippen molar-refractivity contribution in [1.29, 1.82) is 0 Å². The van der Waals surface area contributed by atoms with Crippen LogP contribution in [0.5, 0.6) is 0 Å². The molecule has 8 nitrogen and oxygen atoms in total. The minimum Gasteiger partial charge on any atom is -0.461 e. The molecule has 1 aliphatic rings. The van der Waals surface area contributed by atoms with Crippen molar-refractivity contribution in [3.63, 3.8) is 0 Å².